The number of benzene rings is 4. The van der Waals surface area contributed by atoms with Crippen molar-refractivity contribution in [2.24, 2.45) is 37.4 Å². The maximum Gasteiger partial charge on any atom is 1.00 e. The van der Waals surface area contributed by atoms with Crippen LogP contribution in [0.1, 0.15) is 196 Å². The molecule has 4 aromatic carbocycles. The van der Waals surface area contributed by atoms with Crippen LogP contribution in [-0.4, -0.2) is 102 Å². The number of halogens is 1. The van der Waals surface area contributed by atoms with Gasteiger partial charge in [-0.3, -0.25) is 34.0 Å². The number of aliphatic imine (C=N–C) groups is 2. The molecule has 0 radical (unpaired) electrons. The second-order valence-corrected chi connectivity index (χ2v) is 25.7. The summed E-state index contributed by atoms with van der Waals surface area (Å²) >= 11 is 6.68. The van der Waals surface area contributed by atoms with E-state index >= 15 is 0 Å². The zero-order valence-corrected chi connectivity index (χ0v) is 54.7. The minimum atomic E-state index is -0.765. The van der Waals surface area contributed by atoms with Crippen LogP contribution in [0.2, 0.25) is 0 Å². The number of nitrogens with zero attached hydrogens (tertiary/aromatic N) is 6. The number of nitrogens with two attached hydrogens (primary N) is 1. The molecule has 468 valence electrons. The predicted octanol–water partition coefficient (Wildman–Crippen LogP) is 9.44. The fourth-order valence-corrected chi connectivity index (χ4v) is 15.6. The number of aryl methyl sites for hydroxylation is 2. The van der Waals surface area contributed by atoms with E-state index in [4.69, 9.17) is 41.5 Å². The number of fused-ring (bicyclic) bond motifs is 4. The standard InChI is InChI=1S/C18H20N2O2.C16H16N2O2.C16H19NO2S.C15H18N2O2.C3H5ClO.Li.H3N.H2O/c1-4-22-17(21)18(3)9-14-12-7-5-6-8-13(12)15(18)20-10-11(2)19-16(14)20;1-9-8-18-13-11-6-4-3-5-10(11)12(14(18)17-9)7-16(13,2)15(19)20;1-4-19-15(18)16(2)9-12-10-7-5-6-8-11(10)13(16)17-14(12)20-3;1-3-19-14(18)15(2)8-11-9-6-4-5-7-10(9)12(15)17-13(11)16;1-3(5)2-4;;;/h5-8,10,14-15H,4,9H2,1-3H3;3-6,8,12-13H,7H2,1-2H3,(H,19,20);5-8,12-13H,4,9H2,1-3H3;4-7,11-12H,3,8H2,1-2H3,(H2,16,17);2H2,1H3;;1H3;1H2/q;;;;;+1;;/p-1. The maximum absolute atomic E-state index is 12.7. The number of amidine groups is 1. The van der Waals surface area contributed by atoms with Crippen molar-refractivity contribution < 1.29 is 67.6 Å². The Bertz CT molecular complexity index is 3720. The van der Waals surface area contributed by atoms with Gasteiger partial charge in [-0.15, -0.1) is 23.4 Å². The van der Waals surface area contributed by atoms with Crippen LogP contribution in [0, 0.1) is 35.5 Å². The summed E-state index contributed by atoms with van der Waals surface area (Å²) in [6.45, 7) is 20.1. The van der Waals surface area contributed by atoms with Gasteiger partial charge in [-0.2, -0.15) is 0 Å². The number of aromatic nitrogens is 4. The minimum Gasteiger partial charge on any atom is -0.870 e. The van der Waals surface area contributed by atoms with Crippen LogP contribution in [0.5, 0.6) is 0 Å². The molecular formula is C68H82ClLiN8O10S. The third kappa shape index (κ3) is 12.0. The van der Waals surface area contributed by atoms with E-state index in [9.17, 15) is 29.1 Å². The average Bonchev–Trinajstić information content (AvgIpc) is 1.73. The Morgan fingerprint density at radius 3 is 1.29 bits per heavy atom. The topological polar surface area (TPSA) is 285 Å². The van der Waals surface area contributed by atoms with Gasteiger partial charge in [-0.05, 0) is 146 Å². The number of esters is 3. The van der Waals surface area contributed by atoms with E-state index in [1.807, 2.05) is 105 Å². The molecule has 18 rings (SSSR count). The van der Waals surface area contributed by atoms with E-state index in [0.717, 1.165) is 52.0 Å². The number of carboxylic acids is 1. The number of ketones is 1. The summed E-state index contributed by atoms with van der Waals surface area (Å²) in [6.07, 6.45) is 8.99. The van der Waals surface area contributed by atoms with Crippen molar-refractivity contribution in [2.45, 2.75) is 143 Å². The molecule has 2 aromatic heterocycles. The molecule has 8 aliphatic heterocycles. The van der Waals surface area contributed by atoms with Crippen molar-refractivity contribution in [3.05, 3.63) is 177 Å². The van der Waals surface area contributed by atoms with Gasteiger partial charge >= 0.3 is 42.7 Å². The molecule has 7 N–H and O–H groups in total. The fraction of sp³-hybridized carbons (Fsp3) is 0.456. The van der Waals surface area contributed by atoms with Crippen molar-refractivity contribution in [3.63, 3.8) is 0 Å². The van der Waals surface area contributed by atoms with Crippen LogP contribution < -0.4 is 30.7 Å². The summed E-state index contributed by atoms with van der Waals surface area (Å²) in [7, 11) is 0. The van der Waals surface area contributed by atoms with Gasteiger partial charge in [0, 0.05) is 36.1 Å². The molecule has 10 heterocycles. The van der Waals surface area contributed by atoms with Crippen molar-refractivity contribution in [3.8, 4) is 0 Å². The Balaban J connectivity index is 0.000000163. The smallest absolute Gasteiger partial charge is 0.870 e. The molecule has 12 atom stereocenters. The SMILES string of the molecule is CC(=O)CCl.CCOC(=O)C1(C)CC2C(N)=NC1c1ccccc12.CCOC(=O)C1(C)CC2C(SC)=NC1c1ccccc12.CCOC(=O)C1(C)CC2c3ccccc3C1n1cc(C)nc12.Cc1cn2c(n1)C1CC(C)(C(=O)O)C2c2ccccc21.N.[Li+].[OH-]. The van der Waals surface area contributed by atoms with Crippen molar-refractivity contribution >= 4 is 63.9 Å². The second-order valence-electron chi connectivity index (χ2n) is 24.6. The molecule has 12 aliphatic rings. The number of rotatable bonds is 8. The number of carbonyl (C=O) groups excluding carboxylic acids is 4. The van der Waals surface area contributed by atoms with Gasteiger partial charge in [-0.1, -0.05) is 97.1 Å². The number of hydrogen-bond donors (Lipinski definition) is 3. The summed E-state index contributed by atoms with van der Waals surface area (Å²) in [5, 5.41) is 10.9. The summed E-state index contributed by atoms with van der Waals surface area (Å²) < 4.78 is 20.2. The maximum atomic E-state index is 12.7. The van der Waals surface area contributed by atoms with Gasteiger partial charge in [0.1, 0.15) is 23.3 Å². The second kappa shape index (κ2) is 27.3. The minimum absolute atomic E-state index is 0. The Hall–Kier alpha value is -6.85. The molecule has 0 spiro atoms. The summed E-state index contributed by atoms with van der Waals surface area (Å²) in [4.78, 5) is 77.7. The van der Waals surface area contributed by atoms with E-state index in [1.54, 1.807) is 11.8 Å². The summed E-state index contributed by atoms with van der Waals surface area (Å²) in [5.41, 5.74) is 15.3. The number of hydrogen-bond acceptors (Lipinski definition) is 16. The number of imidazole rings is 2. The van der Waals surface area contributed by atoms with E-state index in [0.29, 0.717) is 38.5 Å². The number of Topliss-reactive ketones (excluding diaryl/α,β-unsaturated/α-hetero) is 1. The molecule has 0 saturated heterocycles. The summed E-state index contributed by atoms with van der Waals surface area (Å²) in [6, 6.07) is 32.6. The van der Waals surface area contributed by atoms with Gasteiger partial charge in [-0.25, -0.2) is 9.97 Å². The van der Waals surface area contributed by atoms with Crippen LogP contribution in [0.25, 0.3) is 0 Å². The number of aliphatic carboxylic acids is 1. The molecule has 6 aromatic rings. The normalized spacial score (nSPS) is 27.7. The fourth-order valence-electron chi connectivity index (χ4n) is 14.9. The van der Waals surface area contributed by atoms with E-state index in [-0.39, 0.29) is 108 Å². The molecule has 0 fully saturated rings. The van der Waals surface area contributed by atoms with Crippen molar-refractivity contribution in [1.82, 2.24) is 25.3 Å². The van der Waals surface area contributed by atoms with Gasteiger partial charge in [0.25, 0.3) is 0 Å². The quantitative estimate of drug-likeness (QED) is 0.0553. The summed E-state index contributed by atoms with van der Waals surface area (Å²) in [5.74, 6) is 2.33. The number of ether oxygens (including phenoxy) is 3. The number of carbonyl (C=O) groups is 5. The zero-order valence-electron chi connectivity index (χ0n) is 53.1. The molecule has 18 nitrogen and oxygen atoms in total. The molecular weight excluding hydrogens is 1160 g/mol. The van der Waals surface area contributed by atoms with Crippen LogP contribution in [0.4, 0.5) is 0 Å². The first-order valence-electron chi connectivity index (χ1n) is 29.8. The molecule has 8 bridgehead atoms. The van der Waals surface area contributed by atoms with E-state index in [1.165, 1.54) is 40.3 Å². The monoisotopic (exact) mass is 1240 g/mol. The first-order chi connectivity index (χ1) is 41.0. The van der Waals surface area contributed by atoms with Gasteiger partial charge in [0.05, 0.1) is 88.0 Å². The molecule has 0 amide bonds. The number of alkyl halides is 1. The molecule has 4 aliphatic carbocycles. The van der Waals surface area contributed by atoms with Crippen LogP contribution in [-0.2, 0) is 38.2 Å². The van der Waals surface area contributed by atoms with Gasteiger partial charge in [0.2, 0.25) is 0 Å². The number of thioether (sulfide) groups is 1. The Labute approximate surface area is 542 Å². The Morgan fingerprint density at radius 1 is 0.573 bits per heavy atom. The average molecular weight is 1250 g/mol. The predicted molar refractivity (Wildman–Crippen MR) is 340 cm³/mol. The number of carboxylic acid groups (broad SMARTS) is 1. The molecule has 89 heavy (non-hydrogen) atoms. The first-order valence-corrected chi connectivity index (χ1v) is 31.5. The first kappa shape index (κ1) is 69.6. The largest absolute Gasteiger partial charge is 1.00 e. The Morgan fingerprint density at radius 2 is 0.899 bits per heavy atom. The van der Waals surface area contributed by atoms with Gasteiger partial charge < -0.3 is 45.8 Å². The van der Waals surface area contributed by atoms with Crippen LogP contribution in [0.3, 0.4) is 0 Å². The van der Waals surface area contributed by atoms with Crippen molar-refractivity contribution in [2.75, 3.05) is 32.0 Å². The third-order valence-electron chi connectivity index (χ3n) is 18.8. The van der Waals surface area contributed by atoms with Crippen molar-refractivity contribution in [1.29, 1.82) is 0 Å². The van der Waals surface area contributed by atoms with Crippen LogP contribution in [0.15, 0.2) is 119 Å². The molecule has 0 saturated carbocycles. The molecule has 12 unspecified atom stereocenters. The Kier molecular flexibility index (Phi) is 21.4. The van der Waals surface area contributed by atoms with Gasteiger partial charge in [0.15, 0.2) is 0 Å². The third-order valence-corrected chi connectivity index (χ3v) is 20.0. The zero-order chi connectivity index (χ0) is 61.8. The van der Waals surface area contributed by atoms with Crippen LogP contribution >= 0.6 is 23.4 Å². The van der Waals surface area contributed by atoms with E-state index in [2.05, 4.69) is 92.2 Å². The van der Waals surface area contributed by atoms with E-state index < -0.39 is 27.6 Å². The molecule has 21 heteroatoms.